The van der Waals surface area contributed by atoms with E-state index in [1.807, 2.05) is 12.1 Å². The number of rotatable bonds is 5. The maximum Gasteiger partial charge on any atom is 0.127 e. The summed E-state index contributed by atoms with van der Waals surface area (Å²) in [5.41, 5.74) is 2.43. The van der Waals surface area contributed by atoms with Gasteiger partial charge in [-0.3, -0.25) is 0 Å². The standard InChI is InChI=1S/C17H23Cl2NO/c18-9-13-3-1-2-4-14(13)10-20-11-15-8-16(19)7-12-5-6-21-17(12)15/h7-8,13-14,20H,1-6,9-11H2. The molecule has 1 aromatic rings. The number of ether oxygens (including phenoxy) is 1. The van der Waals surface area contributed by atoms with Crippen LogP contribution in [0.25, 0.3) is 0 Å². The molecule has 1 saturated carbocycles. The summed E-state index contributed by atoms with van der Waals surface area (Å²) in [5, 5.41) is 4.41. The molecule has 21 heavy (non-hydrogen) atoms. The van der Waals surface area contributed by atoms with E-state index in [-0.39, 0.29) is 0 Å². The van der Waals surface area contributed by atoms with E-state index in [4.69, 9.17) is 27.9 Å². The van der Waals surface area contributed by atoms with Gasteiger partial charge in [0.2, 0.25) is 0 Å². The van der Waals surface area contributed by atoms with Crippen molar-refractivity contribution in [2.24, 2.45) is 11.8 Å². The Morgan fingerprint density at radius 2 is 2.00 bits per heavy atom. The Labute approximate surface area is 137 Å². The van der Waals surface area contributed by atoms with Crippen LogP contribution in [0.4, 0.5) is 0 Å². The molecule has 2 atom stereocenters. The van der Waals surface area contributed by atoms with Gasteiger partial charge in [0.15, 0.2) is 0 Å². The minimum Gasteiger partial charge on any atom is -0.493 e. The van der Waals surface area contributed by atoms with Gasteiger partial charge < -0.3 is 10.1 Å². The van der Waals surface area contributed by atoms with E-state index in [0.717, 1.165) is 42.8 Å². The minimum atomic E-state index is 0.675. The van der Waals surface area contributed by atoms with Crippen LogP contribution in [0.3, 0.4) is 0 Å². The highest BCUT2D eigenvalue weighted by Crippen LogP contribution is 2.33. The van der Waals surface area contributed by atoms with Gasteiger partial charge in [-0.15, -0.1) is 11.6 Å². The van der Waals surface area contributed by atoms with E-state index >= 15 is 0 Å². The van der Waals surface area contributed by atoms with E-state index in [9.17, 15) is 0 Å². The zero-order valence-corrected chi connectivity index (χ0v) is 13.8. The van der Waals surface area contributed by atoms with Gasteiger partial charge in [-0.1, -0.05) is 24.4 Å². The third kappa shape index (κ3) is 3.67. The topological polar surface area (TPSA) is 21.3 Å². The maximum atomic E-state index is 6.20. The van der Waals surface area contributed by atoms with Crippen molar-refractivity contribution in [1.82, 2.24) is 5.32 Å². The molecule has 0 amide bonds. The van der Waals surface area contributed by atoms with Crippen LogP contribution in [-0.4, -0.2) is 19.0 Å². The largest absolute Gasteiger partial charge is 0.493 e. The van der Waals surface area contributed by atoms with Crippen molar-refractivity contribution in [3.63, 3.8) is 0 Å². The summed E-state index contributed by atoms with van der Waals surface area (Å²) < 4.78 is 5.75. The summed E-state index contributed by atoms with van der Waals surface area (Å²) in [6.07, 6.45) is 6.23. The van der Waals surface area contributed by atoms with Crippen LogP contribution >= 0.6 is 23.2 Å². The number of hydrogen-bond donors (Lipinski definition) is 1. The fourth-order valence-electron chi connectivity index (χ4n) is 3.63. The molecule has 1 N–H and O–H groups in total. The van der Waals surface area contributed by atoms with Crippen molar-refractivity contribution in [3.05, 3.63) is 28.3 Å². The minimum absolute atomic E-state index is 0.675. The second-order valence-corrected chi connectivity index (χ2v) is 6.99. The van der Waals surface area contributed by atoms with Crippen LogP contribution in [0, 0.1) is 11.8 Å². The molecule has 2 unspecified atom stereocenters. The maximum absolute atomic E-state index is 6.20. The Kier molecular flexibility index (Phi) is 5.31. The number of benzene rings is 1. The van der Waals surface area contributed by atoms with Crippen LogP contribution in [0.2, 0.25) is 5.02 Å². The lowest BCUT2D eigenvalue weighted by atomic mass is 9.80. The summed E-state index contributed by atoms with van der Waals surface area (Å²) in [5.74, 6) is 3.23. The van der Waals surface area contributed by atoms with Crippen molar-refractivity contribution in [1.29, 1.82) is 0 Å². The summed E-state index contributed by atoms with van der Waals surface area (Å²) in [6.45, 7) is 2.65. The molecule has 3 rings (SSSR count). The van der Waals surface area contributed by atoms with Crippen LogP contribution in [-0.2, 0) is 13.0 Å². The number of nitrogens with one attached hydrogen (secondary N) is 1. The van der Waals surface area contributed by atoms with Crippen LogP contribution in [0.15, 0.2) is 12.1 Å². The van der Waals surface area contributed by atoms with Crippen molar-refractivity contribution < 1.29 is 4.74 Å². The molecule has 2 nitrogen and oxygen atoms in total. The van der Waals surface area contributed by atoms with Gasteiger partial charge in [0.05, 0.1) is 6.61 Å². The summed E-state index contributed by atoms with van der Waals surface area (Å²) in [6, 6.07) is 4.05. The Bertz CT molecular complexity index is 492. The molecule has 116 valence electrons. The van der Waals surface area contributed by atoms with Gasteiger partial charge in [0.1, 0.15) is 5.75 Å². The molecule has 1 aliphatic heterocycles. The first-order valence-electron chi connectivity index (χ1n) is 7.98. The smallest absolute Gasteiger partial charge is 0.127 e. The number of hydrogen-bond acceptors (Lipinski definition) is 2. The zero-order valence-electron chi connectivity index (χ0n) is 12.3. The van der Waals surface area contributed by atoms with E-state index in [1.165, 1.54) is 36.8 Å². The Hall–Kier alpha value is -0.440. The summed E-state index contributed by atoms with van der Waals surface area (Å²) in [4.78, 5) is 0. The quantitative estimate of drug-likeness (QED) is 0.809. The summed E-state index contributed by atoms with van der Waals surface area (Å²) >= 11 is 12.3. The molecule has 0 saturated heterocycles. The van der Waals surface area contributed by atoms with Crippen LogP contribution in [0.5, 0.6) is 5.75 Å². The number of alkyl halides is 1. The lowest BCUT2D eigenvalue weighted by molar-refractivity contribution is 0.250. The normalized spacial score (nSPS) is 24.7. The van der Waals surface area contributed by atoms with Gasteiger partial charge in [-0.05, 0) is 48.9 Å². The SMILES string of the molecule is ClCC1CCCCC1CNCc1cc(Cl)cc2c1OCC2. The summed E-state index contributed by atoms with van der Waals surface area (Å²) in [7, 11) is 0. The first kappa shape index (κ1) is 15.5. The van der Waals surface area contributed by atoms with Gasteiger partial charge in [0.25, 0.3) is 0 Å². The first-order valence-corrected chi connectivity index (χ1v) is 8.90. The monoisotopic (exact) mass is 327 g/mol. The van der Waals surface area contributed by atoms with Crippen LogP contribution in [0.1, 0.15) is 36.8 Å². The third-order valence-electron chi connectivity index (χ3n) is 4.81. The van der Waals surface area contributed by atoms with Crippen molar-refractivity contribution in [3.8, 4) is 5.75 Å². The first-order chi connectivity index (χ1) is 10.3. The fourth-order valence-corrected chi connectivity index (χ4v) is 4.30. The highest BCUT2D eigenvalue weighted by Gasteiger charge is 2.24. The zero-order chi connectivity index (χ0) is 14.7. The lowest BCUT2D eigenvalue weighted by Gasteiger charge is -2.30. The van der Waals surface area contributed by atoms with E-state index in [1.54, 1.807) is 0 Å². The molecule has 0 aromatic heterocycles. The average Bonchev–Trinajstić information content (AvgIpc) is 2.96. The third-order valence-corrected chi connectivity index (χ3v) is 5.43. The van der Waals surface area contributed by atoms with E-state index in [2.05, 4.69) is 5.32 Å². The Morgan fingerprint density at radius 3 is 2.81 bits per heavy atom. The molecule has 1 fully saturated rings. The molecular weight excluding hydrogens is 305 g/mol. The molecule has 1 heterocycles. The molecular formula is C17H23Cl2NO. The van der Waals surface area contributed by atoms with Gasteiger partial charge in [-0.25, -0.2) is 0 Å². The van der Waals surface area contributed by atoms with Crippen molar-refractivity contribution in [2.45, 2.75) is 38.6 Å². The molecule has 2 aliphatic rings. The van der Waals surface area contributed by atoms with Crippen LogP contribution < -0.4 is 10.1 Å². The molecule has 0 radical (unpaired) electrons. The molecule has 1 aromatic carbocycles. The van der Waals surface area contributed by atoms with E-state index in [0.29, 0.717) is 11.8 Å². The predicted molar refractivity (Wildman–Crippen MR) is 88.5 cm³/mol. The second-order valence-electron chi connectivity index (χ2n) is 6.24. The molecule has 4 heteroatoms. The van der Waals surface area contributed by atoms with Crippen molar-refractivity contribution in [2.75, 3.05) is 19.0 Å². The number of fused-ring (bicyclic) bond motifs is 1. The van der Waals surface area contributed by atoms with E-state index < -0.39 is 0 Å². The Balaban J connectivity index is 1.58. The van der Waals surface area contributed by atoms with Gasteiger partial charge in [0, 0.05) is 29.4 Å². The van der Waals surface area contributed by atoms with Gasteiger partial charge >= 0.3 is 0 Å². The molecule has 1 aliphatic carbocycles. The highest BCUT2D eigenvalue weighted by atomic mass is 35.5. The Morgan fingerprint density at radius 1 is 1.19 bits per heavy atom. The lowest BCUT2D eigenvalue weighted by Crippen LogP contribution is -2.31. The molecule has 0 spiro atoms. The second kappa shape index (κ2) is 7.21. The van der Waals surface area contributed by atoms with Crippen molar-refractivity contribution >= 4 is 23.2 Å². The van der Waals surface area contributed by atoms with Gasteiger partial charge in [-0.2, -0.15) is 0 Å². The number of halogens is 2. The highest BCUT2D eigenvalue weighted by molar-refractivity contribution is 6.30. The average molecular weight is 328 g/mol. The predicted octanol–water partition coefficient (Wildman–Crippen LogP) is 4.41. The fraction of sp³-hybridized carbons (Fsp3) is 0.647. The molecule has 0 bridgehead atoms.